The second-order valence-corrected chi connectivity index (χ2v) is 8.28. The molecule has 1 aromatic heterocycles. The Morgan fingerprint density at radius 1 is 1.48 bits per heavy atom. The molecule has 0 radical (unpaired) electrons. The Morgan fingerprint density at radius 3 is 2.78 bits per heavy atom. The lowest BCUT2D eigenvalue weighted by Crippen LogP contribution is -2.47. The molecule has 0 aliphatic carbocycles. The van der Waals surface area contributed by atoms with Gasteiger partial charge in [0.25, 0.3) is 0 Å². The molecule has 150 valence electrons. The van der Waals surface area contributed by atoms with Crippen LogP contribution in [0, 0.1) is 16.0 Å². The summed E-state index contributed by atoms with van der Waals surface area (Å²) in [5.41, 5.74) is -0.525. The average molecular weight is 378 g/mol. The molecular formula is C19H30N4O4. The minimum atomic E-state index is -0.544. The Morgan fingerprint density at radius 2 is 2.19 bits per heavy atom. The number of pyridine rings is 1. The minimum absolute atomic E-state index is 0.0133. The maximum absolute atomic E-state index is 12.6. The average Bonchev–Trinajstić information content (AvgIpc) is 2.58. The van der Waals surface area contributed by atoms with E-state index in [2.05, 4.69) is 4.98 Å². The van der Waals surface area contributed by atoms with E-state index in [-0.39, 0.29) is 23.7 Å². The highest BCUT2D eigenvalue weighted by Gasteiger charge is 2.31. The number of anilines is 1. The van der Waals surface area contributed by atoms with Crippen molar-refractivity contribution in [1.82, 2.24) is 9.88 Å². The molecule has 1 saturated heterocycles. The first-order valence-corrected chi connectivity index (χ1v) is 9.42. The third-order valence-electron chi connectivity index (χ3n) is 4.49. The maximum Gasteiger partial charge on any atom is 0.410 e. The number of nitrogens with zero attached hydrogens (tertiary/aromatic N) is 4. The van der Waals surface area contributed by atoms with Gasteiger partial charge in [-0.3, -0.25) is 10.1 Å². The number of carbonyl (C=O) groups excluding carboxylic acids is 1. The predicted molar refractivity (Wildman–Crippen MR) is 104 cm³/mol. The van der Waals surface area contributed by atoms with E-state index in [1.54, 1.807) is 17.2 Å². The zero-order valence-electron chi connectivity index (χ0n) is 16.8. The summed E-state index contributed by atoms with van der Waals surface area (Å²) in [5.74, 6) is 0.607. The Labute approximate surface area is 160 Å². The molecule has 2 heterocycles. The van der Waals surface area contributed by atoms with Gasteiger partial charge in [0, 0.05) is 37.9 Å². The standard InChI is InChI=1S/C19H30N4O4/c1-14(2)22(18(24)27-19(3,4)5)13-15-8-7-11-21(12-15)17-16(23(25)26)9-6-10-20-17/h6,9-10,14-15H,7-8,11-13H2,1-5H3/t15-/m0/s1. The lowest BCUT2D eigenvalue weighted by atomic mass is 9.97. The fourth-order valence-electron chi connectivity index (χ4n) is 3.28. The molecule has 0 spiro atoms. The van der Waals surface area contributed by atoms with E-state index < -0.39 is 10.5 Å². The summed E-state index contributed by atoms with van der Waals surface area (Å²) in [6.45, 7) is 11.4. The fourth-order valence-corrected chi connectivity index (χ4v) is 3.28. The van der Waals surface area contributed by atoms with Crippen LogP contribution in [0.5, 0.6) is 0 Å². The number of hydrogen-bond acceptors (Lipinski definition) is 6. The minimum Gasteiger partial charge on any atom is -0.444 e. The predicted octanol–water partition coefficient (Wildman–Crippen LogP) is 3.85. The Kier molecular flexibility index (Phi) is 6.62. The van der Waals surface area contributed by atoms with Crippen LogP contribution < -0.4 is 4.90 Å². The number of amides is 1. The first-order valence-electron chi connectivity index (χ1n) is 9.42. The van der Waals surface area contributed by atoms with E-state index in [9.17, 15) is 14.9 Å². The van der Waals surface area contributed by atoms with Crippen LogP contribution in [0.25, 0.3) is 0 Å². The number of ether oxygens (including phenoxy) is 1. The molecule has 1 aliphatic heterocycles. The smallest absolute Gasteiger partial charge is 0.410 e. The van der Waals surface area contributed by atoms with Crippen molar-refractivity contribution in [2.24, 2.45) is 5.92 Å². The van der Waals surface area contributed by atoms with E-state index in [4.69, 9.17) is 4.74 Å². The molecule has 1 amide bonds. The Hall–Kier alpha value is -2.38. The SMILES string of the molecule is CC(C)N(C[C@H]1CCCN(c2ncccc2[N+](=O)[O-])C1)C(=O)OC(C)(C)C. The molecule has 2 rings (SSSR count). The van der Waals surface area contributed by atoms with Crippen molar-refractivity contribution in [3.05, 3.63) is 28.4 Å². The molecule has 1 fully saturated rings. The van der Waals surface area contributed by atoms with Crippen LogP contribution in [0.1, 0.15) is 47.5 Å². The van der Waals surface area contributed by atoms with Crippen molar-refractivity contribution in [3.8, 4) is 0 Å². The topological polar surface area (TPSA) is 88.8 Å². The second-order valence-electron chi connectivity index (χ2n) is 8.28. The van der Waals surface area contributed by atoms with Gasteiger partial charge in [0.15, 0.2) is 0 Å². The van der Waals surface area contributed by atoms with Gasteiger partial charge < -0.3 is 14.5 Å². The van der Waals surface area contributed by atoms with Gasteiger partial charge in [-0.05, 0) is 59.4 Å². The largest absolute Gasteiger partial charge is 0.444 e. The van der Waals surface area contributed by atoms with Gasteiger partial charge in [0.1, 0.15) is 5.60 Å². The molecule has 1 atom stereocenters. The van der Waals surface area contributed by atoms with Crippen LogP contribution in [0.3, 0.4) is 0 Å². The van der Waals surface area contributed by atoms with Gasteiger partial charge in [-0.1, -0.05) is 0 Å². The number of piperidine rings is 1. The van der Waals surface area contributed by atoms with Crippen LogP contribution in [-0.2, 0) is 4.74 Å². The molecule has 1 aliphatic rings. The number of carbonyl (C=O) groups is 1. The van der Waals surface area contributed by atoms with Crippen molar-refractivity contribution < 1.29 is 14.5 Å². The quantitative estimate of drug-likeness (QED) is 0.571. The molecule has 8 heteroatoms. The number of aromatic nitrogens is 1. The number of hydrogen-bond donors (Lipinski definition) is 0. The van der Waals surface area contributed by atoms with Crippen LogP contribution >= 0.6 is 0 Å². The van der Waals surface area contributed by atoms with Gasteiger partial charge in [0.05, 0.1) is 4.92 Å². The highest BCUT2D eigenvalue weighted by Crippen LogP contribution is 2.29. The lowest BCUT2D eigenvalue weighted by molar-refractivity contribution is -0.384. The van der Waals surface area contributed by atoms with Crippen molar-refractivity contribution in [3.63, 3.8) is 0 Å². The van der Waals surface area contributed by atoms with Gasteiger partial charge in [-0.15, -0.1) is 0 Å². The zero-order valence-corrected chi connectivity index (χ0v) is 16.8. The summed E-state index contributed by atoms with van der Waals surface area (Å²) in [5, 5.41) is 11.3. The Balaban J connectivity index is 2.11. The van der Waals surface area contributed by atoms with Gasteiger partial charge in [-0.25, -0.2) is 9.78 Å². The molecule has 27 heavy (non-hydrogen) atoms. The third-order valence-corrected chi connectivity index (χ3v) is 4.49. The first kappa shape index (κ1) is 20.9. The van der Waals surface area contributed by atoms with Crippen LogP contribution in [0.2, 0.25) is 0 Å². The molecule has 1 aromatic rings. The van der Waals surface area contributed by atoms with Crippen molar-refractivity contribution in [2.45, 2.75) is 59.1 Å². The first-order chi connectivity index (χ1) is 12.6. The van der Waals surface area contributed by atoms with Crippen molar-refractivity contribution in [2.75, 3.05) is 24.5 Å². The van der Waals surface area contributed by atoms with Crippen molar-refractivity contribution in [1.29, 1.82) is 0 Å². The second kappa shape index (κ2) is 8.54. The number of nitro groups is 1. The molecule has 0 bridgehead atoms. The van der Waals surface area contributed by atoms with Crippen LogP contribution in [0.4, 0.5) is 16.3 Å². The lowest BCUT2D eigenvalue weighted by Gasteiger charge is -2.37. The van der Waals surface area contributed by atoms with Gasteiger partial charge in [-0.2, -0.15) is 0 Å². The van der Waals surface area contributed by atoms with E-state index in [0.29, 0.717) is 18.9 Å². The van der Waals surface area contributed by atoms with Gasteiger partial charge in [0.2, 0.25) is 5.82 Å². The van der Waals surface area contributed by atoms with E-state index in [0.717, 1.165) is 19.4 Å². The van der Waals surface area contributed by atoms with E-state index in [1.807, 2.05) is 39.5 Å². The van der Waals surface area contributed by atoms with Crippen molar-refractivity contribution >= 4 is 17.6 Å². The van der Waals surface area contributed by atoms with Crippen LogP contribution in [-0.4, -0.2) is 52.2 Å². The fraction of sp³-hybridized carbons (Fsp3) is 0.684. The summed E-state index contributed by atoms with van der Waals surface area (Å²) in [7, 11) is 0. The zero-order chi connectivity index (χ0) is 20.2. The van der Waals surface area contributed by atoms with Gasteiger partial charge >= 0.3 is 11.8 Å². The third kappa shape index (κ3) is 5.80. The van der Waals surface area contributed by atoms with E-state index >= 15 is 0 Å². The summed E-state index contributed by atoms with van der Waals surface area (Å²) in [4.78, 5) is 31.4. The number of rotatable bonds is 5. The molecule has 0 aromatic carbocycles. The Bertz CT molecular complexity index is 672. The summed E-state index contributed by atoms with van der Waals surface area (Å²) in [6.07, 6.45) is 3.12. The molecular weight excluding hydrogens is 348 g/mol. The normalized spacial score (nSPS) is 17.7. The molecule has 0 unspecified atom stereocenters. The summed E-state index contributed by atoms with van der Waals surface area (Å²) >= 11 is 0. The van der Waals surface area contributed by atoms with Crippen LogP contribution in [0.15, 0.2) is 18.3 Å². The molecule has 8 nitrogen and oxygen atoms in total. The molecule has 0 saturated carbocycles. The highest BCUT2D eigenvalue weighted by molar-refractivity contribution is 5.68. The molecule has 0 N–H and O–H groups in total. The summed E-state index contributed by atoms with van der Waals surface area (Å²) < 4.78 is 5.54. The summed E-state index contributed by atoms with van der Waals surface area (Å²) in [6, 6.07) is 3.07. The highest BCUT2D eigenvalue weighted by atomic mass is 16.6. The monoisotopic (exact) mass is 378 g/mol. The van der Waals surface area contributed by atoms with E-state index in [1.165, 1.54) is 6.07 Å². The maximum atomic E-state index is 12.6.